The van der Waals surface area contributed by atoms with E-state index in [0.29, 0.717) is 11.9 Å². The molecule has 0 aliphatic rings. The number of hydrogen-bond donors (Lipinski definition) is 2. The van der Waals surface area contributed by atoms with Gasteiger partial charge < -0.3 is 15.8 Å². The topological polar surface area (TPSA) is 47.3 Å². The highest BCUT2D eigenvalue weighted by Gasteiger charge is 2.02. The number of rotatable bonds is 6. The molecule has 0 spiro atoms. The second-order valence-corrected chi connectivity index (χ2v) is 4.93. The van der Waals surface area contributed by atoms with Crippen molar-refractivity contribution in [2.75, 3.05) is 30.5 Å². The molecule has 0 saturated heterocycles. The minimum Gasteiger partial charge on any atom is -0.494 e. The minimum atomic E-state index is 0.581. The number of nitrogens with one attached hydrogen (secondary N) is 1. The molecular weight excluding hydrogens is 220 g/mol. The fourth-order valence-electron chi connectivity index (χ4n) is 1.32. The van der Waals surface area contributed by atoms with E-state index in [4.69, 9.17) is 10.5 Å². The summed E-state index contributed by atoms with van der Waals surface area (Å²) < 4.78 is 5.44. The predicted octanol–water partition coefficient (Wildman–Crippen LogP) is 2.83. The Morgan fingerprint density at radius 2 is 2.19 bits per heavy atom. The number of nitrogens with two attached hydrogens (primary N) is 1. The lowest BCUT2D eigenvalue weighted by Crippen LogP contribution is -2.12. The molecule has 0 fully saturated rings. The largest absolute Gasteiger partial charge is 0.494 e. The van der Waals surface area contributed by atoms with E-state index in [-0.39, 0.29) is 0 Å². The maximum atomic E-state index is 5.80. The molecule has 0 aromatic heterocycles. The van der Waals surface area contributed by atoms with Gasteiger partial charge in [-0.15, -0.1) is 0 Å². The van der Waals surface area contributed by atoms with Crippen molar-refractivity contribution in [1.82, 2.24) is 0 Å². The Morgan fingerprint density at radius 3 is 2.81 bits per heavy atom. The van der Waals surface area contributed by atoms with Crippen molar-refractivity contribution in [3.05, 3.63) is 18.2 Å². The summed E-state index contributed by atoms with van der Waals surface area (Å²) in [6.45, 7) is 5.74. The molecule has 0 radical (unpaired) electrons. The molecule has 0 heterocycles. The van der Waals surface area contributed by atoms with E-state index in [0.717, 1.165) is 23.7 Å². The van der Waals surface area contributed by atoms with E-state index < -0.39 is 0 Å². The van der Waals surface area contributed by atoms with Crippen LogP contribution in [0.2, 0.25) is 0 Å². The molecule has 1 aromatic rings. The van der Waals surface area contributed by atoms with Gasteiger partial charge in [-0.2, -0.15) is 11.8 Å². The van der Waals surface area contributed by atoms with Gasteiger partial charge in [0.05, 0.1) is 6.61 Å². The third-order valence-corrected chi connectivity index (χ3v) is 3.21. The maximum absolute atomic E-state index is 5.80. The summed E-state index contributed by atoms with van der Waals surface area (Å²) in [6.07, 6.45) is 2.11. The Bertz CT molecular complexity index is 331. The summed E-state index contributed by atoms with van der Waals surface area (Å²) in [5.41, 5.74) is 7.55. The van der Waals surface area contributed by atoms with Gasteiger partial charge in [0, 0.05) is 35.3 Å². The molecule has 4 heteroatoms. The standard InChI is InChI=1S/C12H20N2OS/c1-4-15-12-6-10(13)5-11(7-12)14-8-9(2)16-3/h5-7,9,14H,4,8,13H2,1-3H3. The summed E-state index contributed by atoms with van der Waals surface area (Å²) in [6, 6.07) is 5.75. The number of hydrogen-bond acceptors (Lipinski definition) is 4. The van der Waals surface area contributed by atoms with Crippen LogP contribution in [0, 0.1) is 0 Å². The number of ether oxygens (including phenoxy) is 1. The van der Waals surface area contributed by atoms with Gasteiger partial charge in [0.15, 0.2) is 0 Å². The molecule has 90 valence electrons. The average molecular weight is 240 g/mol. The molecule has 1 aromatic carbocycles. The first-order valence-electron chi connectivity index (χ1n) is 5.45. The van der Waals surface area contributed by atoms with E-state index in [1.807, 2.05) is 36.9 Å². The molecule has 3 N–H and O–H groups in total. The van der Waals surface area contributed by atoms with E-state index in [1.54, 1.807) is 0 Å². The predicted molar refractivity (Wildman–Crippen MR) is 73.5 cm³/mol. The van der Waals surface area contributed by atoms with Gasteiger partial charge in [-0.3, -0.25) is 0 Å². The second-order valence-electron chi connectivity index (χ2n) is 3.65. The Hall–Kier alpha value is -1.03. The molecule has 1 unspecified atom stereocenters. The Balaban J connectivity index is 2.64. The van der Waals surface area contributed by atoms with Gasteiger partial charge in [0.25, 0.3) is 0 Å². The van der Waals surface area contributed by atoms with Crippen LogP contribution in [0.15, 0.2) is 18.2 Å². The Morgan fingerprint density at radius 1 is 1.44 bits per heavy atom. The van der Waals surface area contributed by atoms with Gasteiger partial charge in [-0.05, 0) is 19.2 Å². The fourth-order valence-corrected chi connectivity index (χ4v) is 1.57. The van der Waals surface area contributed by atoms with Crippen molar-refractivity contribution in [3.63, 3.8) is 0 Å². The highest BCUT2D eigenvalue weighted by atomic mass is 32.2. The van der Waals surface area contributed by atoms with E-state index in [9.17, 15) is 0 Å². The summed E-state index contributed by atoms with van der Waals surface area (Å²) in [7, 11) is 0. The number of benzene rings is 1. The number of thioether (sulfide) groups is 1. The molecular formula is C12H20N2OS. The van der Waals surface area contributed by atoms with Crippen LogP contribution >= 0.6 is 11.8 Å². The summed E-state index contributed by atoms with van der Waals surface area (Å²) >= 11 is 1.84. The lowest BCUT2D eigenvalue weighted by molar-refractivity contribution is 0.340. The molecule has 1 atom stereocenters. The van der Waals surface area contributed by atoms with Crippen molar-refractivity contribution in [2.45, 2.75) is 19.1 Å². The van der Waals surface area contributed by atoms with Crippen LogP contribution in [-0.2, 0) is 0 Å². The Labute approximate surface area is 102 Å². The quantitative estimate of drug-likeness (QED) is 0.751. The van der Waals surface area contributed by atoms with Crippen LogP contribution in [-0.4, -0.2) is 24.7 Å². The zero-order chi connectivity index (χ0) is 12.0. The van der Waals surface area contributed by atoms with Crippen molar-refractivity contribution in [2.24, 2.45) is 0 Å². The normalized spacial score (nSPS) is 12.2. The zero-order valence-electron chi connectivity index (χ0n) is 10.1. The first-order valence-corrected chi connectivity index (χ1v) is 6.74. The van der Waals surface area contributed by atoms with Crippen LogP contribution in [0.4, 0.5) is 11.4 Å². The van der Waals surface area contributed by atoms with Crippen molar-refractivity contribution in [3.8, 4) is 5.75 Å². The average Bonchev–Trinajstić information content (AvgIpc) is 2.25. The number of nitrogen functional groups attached to an aromatic ring is 1. The molecule has 3 nitrogen and oxygen atoms in total. The minimum absolute atomic E-state index is 0.581. The highest BCUT2D eigenvalue weighted by molar-refractivity contribution is 7.99. The third kappa shape index (κ3) is 4.23. The monoisotopic (exact) mass is 240 g/mol. The molecule has 0 aliphatic carbocycles. The Kier molecular flexibility index (Phi) is 5.32. The molecule has 1 rings (SSSR count). The van der Waals surface area contributed by atoms with Crippen LogP contribution in [0.1, 0.15) is 13.8 Å². The number of anilines is 2. The SMILES string of the molecule is CCOc1cc(N)cc(NCC(C)SC)c1. The van der Waals surface area contributed by atoms with Gasteiger partial charge >= 0.3 is 0 Å². The van der Waals surface area contributed by atoms with Crippen molar-refractivity contribution < 1.29 is 4.74 Å². The molecule has 0 amide bonds. The highest BCUT2D eigenvalue weighted by Crippen LogP contribution is 2.22. The van der Waals surface area contributed by atoms with Gasteiger partial charge in [-0.25, -0.2) is 0 Å². The van der Waals surface area contributed by atoms with E-state index in [1.165, 1.54) is 0 Å². The molecule has 0 bridgehead atoms. The maximum Gasteiger partial charge on any atom is 0.123 e. The lowest BCUT2D eigenvalue weighted by atomic mass is 10.2. The van der Waals surface area contributed by atoms with Crippen LogP contribution in [0.3, 0.4) is 0 Å². The first-order chi connectivity index (χ1) is 7.65. The van der Waals surface area contributed by atoms with Crippen LogP contribution < -0.4 is 15.8 Å². The lowest BCUT2D eigenvalue weighted by Gasteiger charge is -2.13. The van der Waals surface area contributed by atoms with E-state index >= 15 is 0 Å². The zero-order valence-corrected chi connectivity index (χ0v) is 10.9. The third-order valence-electron chi connectivity index (χ3n) is 2.24. The van der Waals surface area contributed by atoms with E-state index in [2.05, 4.69) is 18.5 Å². The van der Waals surface area contributed by atoms with Crippen molar-refractivity contribution >= 4 is 23.1 Å². The second kappa shape index (κ2) is 6.53. The van der Waals surface area contributed by atoms with Gasteiger partial charge in [-0.1, -0.05) is 6.92 Å². The van der Waals surface area contributed by atoms with Crippen LogP contribution in [0.25, 0.3) is 0 Å². The summed E-state index contributed by atoms with van der Waals surface area (Å²) in [5.74, 6) is 0.821. The smallest absolute Gasteiger partial charge is 0.123 e. The van der Waals surface area contributed by atoms with Gasteiger partial charge in [0.2, 0.25) is 0 Å². The first kappa shape index (κ1) is 13.0. The summed E-state index contributed by atoms with van der Waals surface area (Å²) in [4.78, 5) is 0. The molecule has 16 heavy (non-hydrogen) atoms. The summed E-state index contributed by atoms with van der Waals surface area (Å²) in [5, 5.41) is 3.93. The van der Waals surface area contributed by atoms with Crippen LogP contribution in [0.5, 0.6) is 5.75 Å². The molecule has 0 aliphatic heterocycles. The van der Waals surface area contributed by atoms with Gasteiger partial charge in [0.1, 0.15) is 5.75 Å². The fraction of sp³-hybridized carbons (Fsp3) is 0.500. The van der Waals surface area contributed by atoms with Crippen molar-refractivity contribution in [1.29, 1.82) is 0 Å². The molecule has 0 saturated carbocycles.